The van der Waals surface area contributed by atoms with Crippen molar-refractivity contribution in [2.45, 2.75) is 19.8 Å². The summed E-state index contributed by atoms with van der Waals surface area (Å²) in [5, 5.41) is 26.3. The maximum absolute atomic E-state index is 10.4. The van der Waals surface area contributed by atoms with Crippen LogP contribution in [0.1, 0.15) is 25.3 Å². The van der Waals surface area contributed by atoms with Gasteiger partial charge in [0.2, 0.25) is 0 Å². The monoisotopic (exact) mass is 302 g/mol. The fraction of sp³-hybridized carbons (Fsp3) is 0.143. The van der Waals surface area contributed by atoms with E-state index in [0.29, 0.717) is 5.92 Å². The number of benzene rings is 4. The second-order valence-corrected chi connectivity index (χ2v) is 6.38. The molecule has 0 atom stereocenters. The van der Waals surface area contributed by atoms with E-state index in [1.54, 1.807) is 18.2 Å². The smallest absolute Gasteiger partial charge is 0.124 e. The molecule has 4 rings (SSSR count). The second-order valence-electron chi connectivity index (χ2n) is 6.38. The molecule has 2 heteroatoms. The molecule has 4 aromatic rings. The summed E-state index contributed by atoms with van der Waals surface area (Å²) in [6.45, 7) is 4.38. The first-order valence-electron chi connectivity index (χ1n) is 7.86. The average molecular weight is 302 g/mol. The summed E-state index contributed by atoms with van der Waals surface area (Å²) in [6.07, 6.45) is 0. The van der Waals surface area contributed by atoms with Crippen molar-refractivity contribution < 1.29 is 10.2 Å². The van der Waals surface area contributed by atoms with E-state index in [2.05, 4.69) is 44.2 Å². The lowest BCUT2D eigenvalue weighted by atomic mass is 9.91. The van der Waals surface area contributed by atoms with Crippen LogP contribution in [0, 0.1) is 0 Å². The molecule has 0 aliphatic heterocycles. The van der Waals surface area contributed by atoms with Crippen molar-refractivity contribution in [3.63, 3.8) is 0 Å². The van der Waals surface area contributed by atoms with Crippen LogP contribution in [0.3, 0.4) is 0 Å². The van der Waals surface area contributed by atoms with Crippen molar-refractivity contribution in [3.05, 3.63) is 60.2 Å². The lowest BCUT2D eigenvalue weighted by Gasteiger charge is -2.14. The van der Waals surface area contributed by atoms with E-state index >= 15 is 0 Å². The predicted molar refractivity (Wildman–Crippen MR) is 96.4 cm³/mol. The number of phenolic OH excluding ortho intramolecular Hbond substituents is 2. The van der Waals surface area contributed by atoms with Gasteiger partial charge in [0.15, 0.2) is 0 Å². The molecular formula is C21H18O2. The van der Waals surface area contributed by atoms with Crippen LogP contribution in [0.4, 0.5) is 0 Å². The largest absolute Gasteiger partial charge is 0.508 e. The highest BCUT2D eigenvalue weighted by atomic mass is 16.3. The molecule has 2 nitrogen and oxygen atoms in total. The van der Waals surface area contributed by atoms with Crippen LogP contribution < -0.4 is 0 Å². The topological polar surface area (TPSA) is 40.5 Å². The molecule has 0 fully saturated rings. The van der Waals surface area contributed by atoms with Gasteiger partial charge < -0.3 is 10.2 Å². The summed E-state index contributed by atoms with van der Waals surface area (Å²) in [4.78, 5) is 0. The Morgan fingerprint density at radius 1 is 0.652 bits per heavy atom. The van der Waals surface area contributed by atoms with Gasteiger partial charge >= 0.3 is 0 Å². The zero-order valence-corrected chi connectivity index (χ0v) is 13.2. The Labute approximate surface area is 134 Å². The first-order valence-corrected chi connectivity index (χ1v) is 7.86. The number of rotatable bonds is 1. The summed E-state index contributed by atoms with van der Waals surface area (Å²) in [6, 6.07) is 17.5. The van der Waals surface area contributed by atoms with E-state index in [9.17, 15) is 10.2 Å². The Morgan fingerprint density at radius 2 is 1.30 bits per heavy atom. The average Bonchev–Trinajstić information content (AvgIpc) is 2.54. The van der Waals surface area contributed by atoms with Crippen molar-refractivity contribution >= 4 is 32.3 Å². The first-order chi connectivity index (χ1) is 11.1. The molecule has 114 valence electrons. The third-order valence-electron chi connectivity index (χ3n) is 4.61. The van der Waals surface area contributed by atoms with Crippen LogP contribution in [0.2, 0.25) is 0 Å². The number of aromatic hydroxyl groups is 2. The van der Waals surface area contributed by atoms with E-state index < -0.39 is 0 Å². The van der Waals surface area contributed by atoms with E-state index in [1.807, 2.05) is 6.07 Å². The van der Waals surface area contributed by atoms with Gasteiger partial charge in [0, 0.05) is 5.39 Å². The molecule has 0 aliphatic carbocycles. The van der Waals surface area contributed by atoms with Crippen molar-refractivity contribution in [1.29, 1.82) is 0 Å². The van der Waals surface area contributed by atoms with Crippen LogP contribution in [-0.4, -0.2) is 10.2 Å². The molecule has 0 bridgehead atoms. The maximum Gasteiger partial charge on any atom is 0.124 e. The Balaban J connectivity index is 2.23. The zero-order chi connectivity index (χ0) is 16.1. The standard InChI is InChI=1S/C21H18O2/c1-12(2)14-4-3-5-15-16(14)8-9-17-19-10-13(22)6-7-18(19)21(23)11-20(15)17/h3-12,22-23H,1-2H3. The van der Waals surface area contributed by atoms with Crippen LogP contribution in [-0.2, 0) is 0 Å². The molecule has 0 aliphatic rings. The molecule has 0 aromatic heterocycles. The SMILES string of the molecule is CC(C)c1cccc2c1ccc1c3cc(O)ccc3c(O)cc21. The van der Waals surface area contributed by atoms with Crippen LogP contribution in [0.15, 0.2) is 54.6 Å². The molecule has 0 saturated heterocycles. The van der Waals surface area contributed by atoms with Gasteiger partial charge in [0.25, 0.3) is 0 Å². The van der Waals surface area contributed by atoms with Gasteiger partial charge in [0.05, 0.1) is 0 Å². The summed E-state index contributed by atoms with van der Waals surface area (Å²) in [5.74, 6) is 0.893. The molecule has 2 N–H and O–H groups in total. The Hall–Kier alpha value is -2.74. The molecule has 4 aromatic carbocycles. The van der Waals surface area contributed by atoms with E-state index in [-0.39, 0.29) is 11.5 Å². The quantitative estimate of drug-likeness (QED) is 0.444. The molecular weight excluding hydrogens is 284 g/mol. The summed E-state index contributed by atoms with van der Waals surface area (Å²) < 4.78 is 0. The Bertz CT molecular complexity index is 1060. The highest BCUT2D eigenvalue weighted by Gasteiger charge is 2.12. The molecule has 0 saturated carbocycles. The lowest BCUT2D eigenvalue weighted by Crippen LogP contribution is -1.90. The van der Waals surface area contributed by atoms with Gasteiger partial charge in [-0.1, -0.05) is 44.2 Å². The third-order valence-corrected chi connectivity index (χ3v) is 4.61. The Morgan fingerprint density at radius 3 is 2.09 bits per heavy atom. The van der Waals surface area contributed by atoms with Gasteiger partial charge in [-0.25, -0.2) is 0 Å². The van der Waals surface area contributed by atoms with E-state index in [4.69, 9.17) is 0 Å². The van der Waals surface area contributed by atoms with Crippen molar-refractivity contribution in [1.82, 2.24) is 0 Å². The number of phenols is 2. The van der Waals surface area contributed by atoms with Crippen molar-refractivity contribution in [3.8, 4) is 11.5 Å². The minimum absolute atomic E-state index is 0.209. The number of fused-ring (bicyclic) bond motifs is 5. The fourth-order valence-corrected chi connectivity index (χ4v) is 3.49. The summed E-state index contributed by atoms with van der Waals surface area (Å²) in [5.41, 5.74) is 1.31. The van der Waals surface area contributed by atoms with E-state index in [1.165, 1.54) is 10.9 Å². The highest BCUT2D eigenvalue weighted by molar-refractivity contribution is 6.19. The van der Waals surface area contributed by atoms with Crippen molar-refractivity contribution in [2.24, 2.45) is 0 Å². The first kappa shape index (κ1) is 13.9. The summed E-state index contributed by atoms with van der Waals surface area (Å²) >= 11 is 0. The maximum atomic E-state index is 10.4. The fourth-order valence-electron chi connectivity index (χ4n) is 3.49. The minimum Gasteiger partial charge on any atom is -0.508 e. The van der Waals surface area contributed by atoms with Gasteiger partial charge in [0.1, 0.15) is 11.5 Å². The van der Waals surface area contributed by atoms with Crippen LogP contribution in [0.5, 0.6) is 11.5 Å². The van der Waals surface area contributed by atoms with Crippen LogP contribution >= 0.6 is 0 Å². The van der Waals surface area contributed by atoms with Crippen molar-refractivity contribution in [2.75, 3.05) is 0 Å². The minimum atomic E-state index is 0.209. The molecule has 0 heterocycles. The van der Waals surface area contributed by atoms with E-state index in [0.717, 1.165) is 26.9 Å². The van der Waals surface area contributed by atoms with Gasteiger partial charge in [-0.15, -0.1) is 0 Å². The zero-order valence-electron chi connectivity index (χ0n) is 13.2. The number of hydrogen-bond donors (Lipinski definition) is 2. The van der Waals surface area contributed by atoms with Crippen LogP contribution in [0.25, 0.3) is 32.3 Å². The molecule has 0 amide bonds. The Kier molecular flexibility index (Phi) is 2.95. The second kappa shape index (κ2) is 4.88. The van der Waals surface area contributed by atoms with Gasteiger partial charge in [-0.05, 0) is 62.7 Å². The molecule has 23 heavy (non-hydrogen) atoms. The third kappa shape index (κ3) is 2.02. The number of hydrogen-bond acceptors (Lipinski definition) is 2. The predicted octanol–water partition coefficient (Wildman–Crippen LogP) is 5.68. The molecule has 0 unspecified atom stereocenters. The summed E-state index contributed by atoms with van der Waals surface area (Å²) in [7, 11) is 0. The molecule has 0 spiro atoms. The lowest BCUT2D eigenvalue weighted by molar-refractivity contribution is 0.475. The highest BCUT2D eigenvalue weighted by Crippen LogP contribution is 2.39. The normalized spacial score (nSPS) is 11.8. The van der Waals surface area contributed by atoms with Gasteiger partial charge in [-0.3, -0.25) is 0 Å². The van der Waals surface area contributed by atoms with Gasteiger partial charge in [-0.2, -0.15) is 0 Å². The molecule has 0 radical (unpaired) electrons.